The first kappa shape index (κ1) is 13.4. The second kappa shape index (κ2) is 6.19. The largest absolute Gasteiger partial charge is 0.343 e. The molecule has 5 nitrogen and oxygen atoms in total. The quantitative estimate of drug-likeness (QED) is 0.504. The van der Waals surface area contributed by atoms with Crippen molar-refractivity contribution < 1.29 is 4.79 Å². The van der Waals surface area contributed by atoms with Crippen molar-refractivity contribution in [2.75, 3.05) is 5.88 Å². The molecule has 2 rings (SSSR count). The molecule has 0 spiro atoms. The van der Waals surface area contributed by atoms with E-state index in [1.807, 2.05) is 18.2 Å². The number of nitrogens with one attached hydrogen (secondary N) is 2. The first-order valence-electron chi connectivity index (χ1n) is 5.69. The monoisotopic (exact) mass is 275 g/mol. The number of thioether (sulfide) groups is 1. The standard InChI is InChI=1S/C13H13N3O2S/c1-9-7-11(17)16-13(15-9)19-8-14-12(18)10-5-3-2-4-6-10/h2-7H,8H2,1H3,(H,14,18)(H,15,16,17). The highest BCUT2D eigenvalue weighted by molar-refractivity contribution is 7.99. The Labute approximate surface area is 114 Å². The van der Waals surface area contributed by atoms with Crippen LogP contribution in [-0.2, 0) is 0 Å². The second-order valence-corrected chi connectivity index (χ2v) is 4.82. The zero-order valence-corrected chi connectivity index (χ0v) is 11.2. The molecule has 2 N–H and O–H groups in total. The summed E-state index contributed by atoms with van der Waals surface area (Å²) in [6, 6.07) is 10.4. The van der Waals surface area contributed by atoms with Gasteiger partial charge in [0.25, 0.3) is 11.5 Å². The minimum atomic E-state index is -0.190. The van der Waals surface area contributed by atoms with Crippen LogP contribution in [0.25, 0.3) is 0 Å². The molecule has 1 aromatic carbocycles. The summed E-state index contributed by atoms with van der Waals surface area (Å²) in [5, 5.41) is 3.25. The molecule has 0 aliphatic rings. The molecule has 1 aromatic heterocycles. The van der Waals surface area contributed by atoms with E-state index in [-0.39, 0.29) is 11.5 Å². The smallest absolute Gasteiger partial charge is 0.251 e. The molecule has 98 valence electrons. The molecular formula is C13H13N3O2S. The van der Waals surface area contributed by atoms with Crippen LogP contribution < -0.4 is 10.9 Å². The van der Waals surface area contributed by atoms with Gasteiger partial charge in [-0.2, -0.15) is 0 Å². The van der Waals surface area contributed by atoms with Gasteiger partial charge in [-0.25, -0.2) is 4.98 Å². The maximum Gasteiger partial charge on any atom is 0.251 e. The Bertz CT molecular complexity index is 625. The van der Waals surface area contributed by atoms with Crippen LogP contribution >= 0.6 is 11.8 Å². The number of rotatable bonds is 4. The molecule has 0 aliphatic heterocycles. The number of hydrogen-bond donors (Lipinski definition) is 2. The fourth-order valence-corrected chi connectivity index (χ4v) is 2.20. The number of aromatic nitrogens is 2. The summed E-state index contributed by atoms with van der Waals surface area (Å²) >= 11 is 1.27. The average molecular weight is 275 g/mol. The summed E-state index contributed by atoms with van der Waals surface area (Å²) in [6.07, 6.45) is 0. The van der Waals surface area contributed by atoms with Crippen molar-refractivity contribution in [3.05, 3.63) is 58.0 Å². The third-order valence-corrected chi connectivity index (χ3v) is 3.08. The average Bonchev–Trinajstić information content (AvgIpc) is 2.38. The fourth-order valence-electron chi connectivity index (χ4n) is 1.48. The minimum absolute atomic E-state index is 0.150. The van der Waals surface area contributed by atoms with E-state index in [0.717, 1.165) is 0 Å². The van der Waals surface area contributed by atoms with Crippen LogP contribution in [0.5, 0.6) is 0 Å². The Kier molecular flexibility index (Phi) is 4.35. The Morgan fingerprint density at radius 3 is 2.79 bits per heavy atom. The predicted molar refractivity (Wildman–Crippen MR) is 74.2 cm³/mol. The lowest BCUT2D eigenvalue weighted by molar-refractivity contribution is 0.0961. The van der Waals surface area contributed by atoms with E-state index in [4.69, 9.17) is 0 Å². The molecule has 0 fully saturated rings. The van der Waals surface area contributed by atoms with Crippen LogP contribution in [-0.4, -0.2) is 21.8 Å². The summed E-state index contributed by atoms with van der Waals surface area (Å²) in [5.41, 5.74) is 1.07. The summed E-state index contributed by atoms with van der Waals surface area (Å²) in [6.45, 7) is 1.75. The maximum atomic E-state index is 11.8. The second-order valence-electron chi connectivity index (χ2n) is 3.85. The van der Waals surface area contributed by atoms with Crippen LogP contribution in [0, 0.1) is 6.92 Å². The Balaban J connectivity index is 1.90. The van der Waals surface area contributed by atoms with Gasteiger partial charge in [0.1, 0.15) is 0 Å². The van der Waals surface area contributed by atoms with E-state index < -0.39 is 0 Å². The molecule has 0 saturated heterocycles. The molecule has 1 heterocycles. The Morgan fingerprint density at radius 2 is 2.11 bits per heavy atom. The molecule has 0 radical (unpaired) electrons. The first-order valence-corrected chi connectivity index (χ1v) is 6.68. The molecule has 0 aliphatic carbocycles. The summed E-state index contributed by atoms with van der Waals surface area (Å²) in [7, 11) is 0. The third-order valence-electron chi connectivity index (χ3n) is 2.33. The van der Waals surface area contributed by atoms with E-state index in [0.29, 0.717) is 22.3 Å². The van der Waals surface area contributed by atoms with Gasteiger partial charge in [-0.05, 0) is 19.1 Å². The number of aryl methyl sites for hydroxylation is 1. The molecule has 1 amide bonds. The van der Waals surface area contributed by atoms with Crippen LogP contribution in [0.2, 0.25) is 0 Å². The normalized spacial score (nSPS) is 10.2. The van der Waals surface area contributed by atoms with E-state index in [1.54, 1.807) is 19.1 Å². The summed E-state index contributed by atoms with van der Waals surface area (Å²) in [5.74, 6) is 0.197. The molecule has 0 atom stereocenters. The lowest BCUT2D eigenvalue weighted by Gasteiger charge is -2.04. The van der Waals surface area contributed by atoms with Crippen molar-refractivity contribution in [3.63, 3.8) is 0 Å². The van der Waals surface area contributed by atoms with Gasteiger partial charge in [0.05, 0.1) is 5.88 Å². The van der Waals surface area contributed by atoms with Crippen molar-refractivity contribution in [1.29, 1.82) is 0 Å². The summed E-state index contributed by atoms with van der Waals surface area (Å²) < 4.78 is 0. The molecule has 19 heavy (non-hydrogen) atoms. The summed E-state index contributed by atoms with van der Waals surface area (Å²) in [4.78, 5) is 29.8. The van der Waals surface area contributed by atoms with E-state index in [9.17, 15) is 9.59 Å². The Morgan fingerprint density at radius 1 is 1.37 bits per heavy atom. The number of benzene rings is 1. The van der Waals surface area contributed by atoms with Crippen LogP contribution in [0.4, 0.5) is 0 Å². The third kappa shape index (κ3) is 3.96. The number of hydrogen-bond acceptors (Lipinski definition) is 4. The zero-order valence-electron chi connectivity index (χ0n) is 10.3. The fraction of sp³-hybridized carbons (Fsp3) is 0.154. The van der Waals surface area contributed by atoms with E-state index >= 15 is 0 Å². The van der Waals surface area contributed by atoms with Crippen LogP contribution in [0.1, 0.15) is 16.1 Å². The van der Waals surface area contributed by atoms with Crippen LogP contribution in [0.3, 0.4) is 0 Å². The van der Waals surface area contributed by atoms with Crippen molar-refractivity contribution in [3.8, 4) is 0 Å². The first-order chi connectivity index (χ1) is 9.15. The number of nitrogens with zero attached hydrogens (tertiary/aromatic N) is 1. The SMILES string of the molecule is Cc1cc(=O)[nH]c(SCNC(=O)c2ccccc2)n1. The van der Waals surface area contributed by atoms with Crippen LogP contribution in [0.15, 0.2) is 46.3 Å². The van der Waals surface area contributed by atoms with Crippen molar-refractivity contribution >= 4 is 17.7 Å². The van der Waals surface area contributed by atoms with Gasteiger partial charge in [0.2, 0.25) is 0 Å². The molecule has 0 unspecified atom stereocenters. The number of carbonyl (C=O) groups is 1. The number of H-pyrrole nitrogens is 1. The van der Waals surface area contributed by atoms with Gasteiger partial charge in [-0.3, -0.25) is 9.59 Å². The number of amides is 1. The van der Waals surface area contributed by atoms with Gasteiger partial charge >= 0.3 is 0 Å². The molecular weight excluding hydrogens is 262 g/mol. The van der Waals surface area contributed by atoms with Gasteiger partial charge < -0.3 is 10.3 Å². The Hall–Kier alpha value is -2.08. The van der Waals surface area contributed by atoms with Crippen molar-refractivity contribution in [2.24, 2.45) is 0 Å². The topological polar surface area (TPSA) is 74.8 Å². The van der Waals surface area contributed by atoms with Crippen molar-refractivity contribution in [2.45, 2.75) is 12.1 Å². The molecule has 0 bridgehead atoms. The highest BCUT2D eigenvalue weighted by Crippen LogP contribution is 2.09. The van der Waals surface area contributed by atoms with Gasteiger partial charge in [0.15, 0.2) is 5.16 Å². The van der Waals surface area contributed by atoms with Crippen molar-refractivity contribution in [1.82, 2.24) is 15.3 Å². The van der Waals surface area contributed by atoms with Gasteiger partial charge in [0, 0.05) is 17.3 Å². The molecule has 2 aromatic rings. The lowest BCUT2D eigenvalue weighted by Crippen LogP contribution is -2.23. The highest BCUT2D eigenvalue weighted by atomic mass is 32.2. The maximum absolute atomic E-state index is 11.8. The van der Waals surface area contributed by atoms with E-state index in [1.165, 1.54) is 17.8 Å². The molecule has 6 heteroatoms. The number of carbonyl (C=O) groups excluding carboxylic acids is 1. The number of aromatic amines is 1. The molecule has 0 saturated carbocycles. The minimum Gasteiger partial charge on any atom is -0.343 e. The van der Waals surface area contributed by atoms with E-state index in [2.05, 4.69) is 15.3 Å². The zero-order chi connectivity index (χ0) is 13.7. The lowest BCUT2D eigenvalue weighted by atomic mass is 10.2. The van der Waals surface area contributed by atoms with Gasteiger partial charge in [-0.15, -0.1) is 0 Å². The highest BCUT2D eigenvalue weighted by Gasteiger charge is 2.04. The predicted octanol–water partition coefficient (Wildman–Crippen LogP) is 1.56. The van der Waals surface area contributed by atoms with Gasteiger partial charge in [-0.1, -0.05) is 30.0 Å².